The Balaban J connectivity index is 1.43. The number of quaternary nitrogens is 2. The van der Waals surface area contributed by atoms with Gasteiger partial charge in [-0.2, -0.15) is 0 Å². The Kier molecular flexibility index (Phi) is 7.29. The fourth-order valence-corrected chi connectivity index (χ4v) is 4.02. The Hall–Kier alpha value is -2.37. The number of rotatable bonds is 7. The Labute approximate surface area is 175 Å². The summed E-state index contributed by atoms with van der Waals surface area (Å²) in [5.74, 6) is 0.280. The molecule has 1 unspecified atom stereocenters. The highest BCUT2D eigenvalue weighted by Crippen LogP contribution is 2.11. The summed E-state index contributed by atoms with van der Waals surface area (Å²) in [5, 5.41) is 0. The molecule has 1 fully saturated rings. The van der Waals surface area contributed by atoms with Crippen molar-refractivity contribution in [2.75, 3.05) is 58.8 Å². The number of carbonyl (C=O) groups excluding carboxylic acids is 1. The van der Waals surface area contributed by atoms with Gasteiger partial charge in [-0.05, 0) is 24.6 Å². The fourth-order valence-electron chi connectivity index (χ4n) is 4.02. The lowest BCUT2D eigenvalue weighted by Gasteiger charge is -2.32. The van der Waals surface area contributed by atoms with Crippen molar-refractivity contribution in [2.24, 2.45) is 0 Å². The predicted octanol–water partition coefficient (Wildman–Crippen LogP) is 0.00302. The Morgan fingerprint density at radius 1 is 1.07 bits per heavy atom. The summed E-state index contributed by atoms with van der Waals surface area (Å²) in [4.78, 5) is 19.7. The van der Waals surface area contributed by atoms with Crippen molar-refractivity contribution in [1.29, 1.82) is 0 Å². The molecular formula is C24H36N4O+2. The molecule has 5 heteroatoms. The van der Waals surface area contributed by atoms with Crippen LogP contribution in [0.5, 0.6) is 0 Å². The number of likely N-dealkylation sites (N-methyl/N-ethyl adjacent to an activating group) is 1. The summed E-state index contributed by atoms with van der Waals surface area (Å²) in [6.45, 7) is 8.47. The fraction of sp³-hybridized carbons (Fsp3) is 0.458. The first-order valence-corrected chi connectivity index (χ1v) is 10.7. The van der Waals surface area contributed by atoms with Crippen LogP contribution in [0.25, 0.3) is 0 Å². The van der Waals surface area contributed by atoms with Gasteiger partial charge in [-0.25, -0.2) is 0 Å². The summed E-state index contributed by atoms with van der Waals surface area (Å²) in [7, 11) is 6.21. The first kappa shape index (κ1) is 21.3. The highest BCUT2D eigenvalue weighted by atomic mass is 16.2. The summed E-state index contributed by atoms with van der Waals surface area (Å²) >= 11 is 0. The van der Waals surface area contributed by atoms with E-state index < -0.39 is 0 Å². The molecule has 1 amide bonds. The van der Waals surface area contributed by atoms with E-state index in [1.54, 1.807) is 4.90 Å². The maximum absolute atomic E-state index is 12.8. The minimum atomic E-state index is 0.280. The van der Waals surface area contributed by atoms with Gasteiger partial charge in [-0.1, -0.05) is 36.4 Å². The van der Waals surface area contributed by atoms with Crippen molar-refractivity contribution in [3.05, 3.63) is 65.2 Å². The molecule has 156 valence electrons. The molecule has 29 heavy (non-hydrogen) atoms. The monoisotopic (exact) mass is 396 g/mol. The molecule has 0 aromatic heterocycles. The zero-order valence-electron chi connectivity index (χ0n) is 18.4. The van der Waals surface area contributed by atoms with Crippen LogP contribution >= 0.6 is 0 Å². The number of hydrogen-bond donors (Lipinski definition) is 2. The third kappa shape index (κ3) is 6.05. The smallest absolute Gasteiger partial charge is 0.278 e. The van der Waals surface area contributed by atoms with Gasteiger partial charge in [0.2, 0.25) is 0 Å². The maximum Gasteiger partial charge on any atom is 0.278 e. The quantitative estimate of drug-likeness (QED) is 0.691. The number of benzene rings is 2. The van der Waals surface area contributed by atoms with Crippen LogP contribution in [0.1, 0.15) is 16.7 Å². The van der Waals surface area contributed by atoms with Crippen molar-refractivity contribution in [1.82, 2.24) is 4.90 Å². The Bertz CT molecular complexity index is 795. The van der Waals surface area contributed by atoms with Gasteiger partial charge in [-0.3, -0.25) is 4.79 Å². The molecule has 0 saturated carbocycles. The lowest BCUT2D eigenvalue weighted by molar-refractivity contribution is -0.918. The molecule has 2 aromatic carbocycles. The molecule has 1 aliphatic heterocycles. The van der Waals surface area contributed by atoms with Gasteiger partial charge < -0.3 is 19.6 Å². The number of amides is 1. The van der Waals surface area contributed by atoms with E-state index in [1.807, 2.05) is 14.1 Å². The third-order valence-electron chi connectivity index (χ3n) is 5.94. The standard InChI is InChI=1S/C24H34N4O/c1-20-7-5-6-8-22(20)18-27-13-15-28(16-14-27)24(29)19-26(4)17-21-9-11-23(12-10-21)25(2)3/h5-12H,13-19H2,1-4H3/p+2. The van der Waals surface area contributed by atoms with Crippen molar-refractivity contribution in [3.63, 3.8) is 0 Å². The molecule has 0 radical (unpaired) electrons. The van der Waals surface area contributed by atoms with Gasteiger partial charge in [0.05, 0.1) is 33.2 Å². The van der Waals surface area contributed by atoms with E-state index in [1.165, 1.54) is 27.3 Å². The van der Waals surface area contributed by atoms with Gasteiger partial charge in [0.1, 0.15) is 13.1 Å². The number of anilines is 1. The molecular weight excluding hydrogens is 360 g/mol. The minimum absolute atomic E-state index is 0.280. The summed E-state index contributed by atoms with van der Waals surface area (Å²) in [5.41, 5.74) is 5.26. The van der Waals surface area contributed by atoms with Crippen molar-refractivity contribution < 1.29 is 14.6 Å². The van der Waals surface area contributed by atoms with E-state index >= 15 is 0 Å². The lowest BCUT2D eigenvalue weighted by atomic mass is 10.1. The van der Waals surface area contributed by atoms with E-state index in [0.29, 0.717) is 6.54 Å². The number of piperazine rings is 1. The number of nitrogens with zero attached hydrogens (tertiary/aromatic N) is 2. The van der Waals surface area contributed by atoms with Gasteiger partial charge in [0.15, 0.2) is 6.54 Å². The van der Waals surface area contributed by atoms with Crippen LogP contribution in [0.15, 0.2) is 48.5 Å². The van der Waals surface area contributed by atoms with Crippen molar-refractivity contribution in [2.45, 2.75) is 20.0 Å². The lowest BCUT2D eigenvalue weighted by Crippen LogP contribution is -3.14. The molecule has 1 heterocycles. The Morgan fingerprint density at radius 3 is 2.34 bits per heavy atom. The summed E-state index contributed by atoms with van der Waals surface area (Å²) in [6, 6.07) is 17.2. The average Bonchev–Trinajstić information content (AvgIpc) is 2.70. The molecule has 2 N–H and O–H groups in total. The first-order chi connectivity index (χ1) is 13.9. The molecule has 3 rings (SSSR count). The van der Waals surface area contributed by atoms with Crippen LogP contribution in [0, 0.1) is 6.92 Å². The highest BCUT2D eigenvalue weighted by Gasteiger charge is 2.25. The molecule has 1 aliphatic rings. The molecule has 1 saturated heterocycles. The van der Waals surface area contributed by atoms with E-state index in [-0.39, 0.29) is 5.91 Å². The molecule has 5 nitrogen and oxygen atoms in total. The number of hydrogen-bond acceptors (Lipinski definition) is 2. The molecule has 0 aliphatic carbocycles. The molecule has 0 bridgehead atoms. The predicted molar refractivity (Wildman–Crippen MR) is 118 cm³/mol. The molecule has 0 spiro atoms. The largest absolute Gasteiger partial charge is 0.378 e. The second-order valence-corrected chi connectivity index (χ2v) is 8.61. The number of nitrogens with one attached hydrogen (secondary N) is 2. The van der Waals surface area contributed by atoms with Crippen LogP contribution in [-0.2, 0) is 17.9 Å². The molecule has 1 atom stereocenters. The van der Waals surface area contributed by atoms with Crippen LogP contribution in [-0.4, -0.2) is 64.7 Å². The van der Waals surface area contributed by atoms with Gasteiger partial charge in [0.25, 0.3) is 5.91 Å². The third-order valence-corrected chi connectivity index (χ3v) is 5.94. The SMILES string of the molecule is Cc1ccccc1C[NH+]1CCN(C(=O)C[NH+](C)Cc2ccc(N(C)C)cc2)CC1. The Morgan fingerprint density at radius 2 is 1.72 bits per heavy atom. The second-order valence-electron chi connectivity index (χ2n) is 8.61. The highest BCUT2D eigenvalue weighted by molar-refractivity contribution is 5.77. The molecule has 2 aromatic rings. The van der Waals surface area contributed by atoms with Gasteiger partial charge in [-0.15, -0.1) is 0 Å². The summed E-state index contributed by atoms with van der Waals surface area (Å²) in [6.07, 6.45) is 0. The topological polar surface area (TPSA) is 32.4 Å². The zero-order chi connectivity index (χ0) is 20.8. The van der Waals surface area contributed by atoms with E-state index in [2.05, 4.69) is 72.3 Å². The minimum Gasteiger partial charge on any atom is -0.378 e. The van der Waals surface area contributed by atoms with Crippen LogP contribution < -0.4 is 14.7 Å². The average molecular weight is 397 g/mol. The van der Waals surface area contributed by atoms with E-state index in [0.717, 1.165) is 39.3 Å². The van der Waals surface area contributed by atoms with E-state index in [9.17, 15) is 4.79 Å². The van der Waals surface area contributed by atoms with Crippen molar-refractivity contribution in [3.8, 4) is 0 Å². The number of carbonyl (C=O) groups is 1. The van der Waals surface area contributed by atoms with Gasteiger partial charge >= 0.3 is 0 Å². The van der Waals surface area contributed by atoms with E-state index in [4.69, 9.17) is 0 Å². The van der Waals surface area contributed by atoms with Crippen molar-refractivity contribution >= 4 is 11.6 Å². The van der Waals surface area contributed by atoms with Crippen LogP contribution in [0.3, 0.4) is 0 Å². The van der Waals surface area contributed by atoms with Crippen LogP contribution in [0.4, 0.5) is 5.69 Å². The maximum atomic E-state index is 12.8. The zero-order valence-corrected chi connectivity index (χ0v) is 18.4. The normalized spacial score (nSPS) is 15.9. The number of aryl methyl sites for hydroxylation is 1. The second kappa shape index (κ2) is 9.90. The van der Waals surface area contributed by atoms with Gasteiger partial charge in [0, 0.05) is 30.9 Å². The summed E-state index contributed by atoms with van der Waals surface area (Å²) < 4.78 is 0. The van der Waals surface area contributed by atoms with Crippen LogP contribution in [0.2, 0.25) is 0 Å². The first-order valence-electron chi connectivity index (χ1n) is 10.7.